The highest BCUT2D eigenvalue weighted by atomic mass is 32.1. The molecular weight excluding hydrogens is 246 g/mol. The summed E-state index contributed by atoms with van der Waals surface area (Å²) in [5.41, 5.74) is 2.12. The van der Waals surface area contributed by atoms with Crippen molar-refractivity contribution in [1.82, 2.24) is 20.2 Å². The van der Waals surface area contributed by atoms with Gasteiger partial charge in [-0.3, -0.25) is 5.10 Å². The first-order valence-corrected chi connectivity index (χ1v) is 6.77. The third-order valence-electron chi connectivity index (χ3n) is 3.09. The van der Waals surface area contributed by atoms with E-state index in [2.05, 4.69) is 37.9 Å². The largest absolute Gasteiger partial charge is 0.323 e. The number of hydrogen-bond acceptors (Lipinski definition) is 5. The van der Waals surface area contributed by atoms with Crippen LogP contribution in [0.1, 0.15) is 24.5 Å². The van der Waals surface area contributed by atoms with E-state index in [4.69, 9.17) is 0 Å². The average molecular weight is 256 g/mol. The number of fused-ring (bicyclic) bond motifs is 1. The first kappa shape index (κ1) is 10.0. The van der Waals surface area contributed by atoms with Gasteiger partial charge in [0.25, 0.3) is 0 Å². The molecule has 0 unspecified atom stereocenters. The van der Waals surface area contributed by atoms with E-state index in [1.54, 1.807) is 11.3 Å². The lowest BCUT2D eigenvalue weighted by atomic mass is 10.3. The monoisotopic (exact) mass is 256 g/mol. The molecule has 1 saturated carbocycles. The van der Waals surface area contributed by atoms with Crippen molar-refractivity contribution in [2.75, 3.05) is 5.32 Å². The Bertz CT molecular complexity index is 697. The number of rotatable bonds is 3. The van der Waals surface area contributed by atoms with Crippen molar-refractivity contribution in [2.24, 2.45) is 0 Å². The molecule has 5 nitrogen and oxygen atoms in total. The average Bonchev–Trinajstić information content (AvgIpc) is 2.94. The summed E-state index contributed by atoms with van der Waals surface area (Å²) in [6.45, 7) is 0. The van der Waals surface area contributed by atoms with Gasteiger partial charge >= 0.3 is 0 Å². The smallest absolute Gasteiger partial charge is 0.200 e. The van der Waals surface area contributed by atoms with Crippen LogP contribution in [0.2, 0.25) is 0 Å². The van der Waals surface area contributed by atoms with Crippen LogP contribution in [0.15, 0.2) is 16.8 Å². The fraction of sp³-hybridized carbons (Fsp3) is 0.250. The fourth-order valence-corrected chi connectivity index (χ4v) is 2.71. The third-order valence-corrected chi connectivity index (χ3v) is 3.82. The summed E-state index contributed by atoms with van der Waals surface area (Å²) in [5.74, 6) is 2.23. The van der Waals surface area contributed by atoms with E-state index < -0.39 is 0 Å². The highest BCUT2D eigenvalue weighted by Crippen LogP contribution is 2.39. The number of aromatic nitrogens is 4. The summed E-state index contributed by atoms with van der Waals surface area (Å²) in [4.78, 5) is 8.24. The first-order valence-electron chi connectivity index (χ1n) is 5.82. The molecule has 6 heteroatoms. The van der Waals surface area contributed by atoms with Gasteiger partial charge in [0.1, 0.15) is 5.82 Å². The SMILES string of the molecule is [c]1nc(Nc2cc(C3CC3)[nH]n2)c2cscc2n1. The molecule has 1 aliphatic carbocycles. The van der Waals surface area contributed by atoms with Gasteiger partial charge in [0.15, 0.2) is 12.1 Å². The van der Waals surface area contributed by atoms with Crippen molar-refractivity contribution in [1.29, 1.82) is 0 Å². The second kappa shape index (κ2) is 3.78. The molecule has 89 valence electrons. The van der Waals surface area contributed by atoms with Crippen molar-refractivity contribution in [3.8, 4) is 0 Å². The van der Waals surface area contributed by atoms with E-state index in [9.17, 15) is 0 Å². The predicted octanol–water partition coefficient (Wildman–Crippen LogP) is 2.84. The van der Waals surface area contributed by atoms with Crippen LogP contribution in [0, 0.1) is 6.33 Å². The van der Waals surface area contributed by atoms with Gasteiger partial charge in [-0.15, -0.1) is 11.3 Å². The maximum atomic E-state index is 4.26. The van der Waals surface area contributed by atoms with Crippen molar-refractivity contribution in [2.45, 2.75) is 18.8 Å². The molecule has 0 aromatic carbocycles. The molecule has 4 rings (SSSR count). The number of aromatic amines is 1. The van der Waals surface area contributed by atoms with Gasteiger partial charge in [-0.1, -0.05) is 0 Å². The predicted molar refractivity (Wildman–Crippen MR) is 70.1 cm³/mol. The van der Waals surface area contributed by atoms with Crippen molar-refractivity contribution >= 4 is 33.9 Å². The zero-order valence-electron chi connectivity index (χ0n) is 9.47. The highest BCUT2D eigenvalue weighted by molar-refractivity contribution is 7.09. The molecule has 0 amide bonds. The standard InChI is InChI=1S/C12H10N5S/c1-2-7(1)9-3-11(17-16-9)15-12-8-4-18-5-10(8)13-6-14-12/h3-5,7H,1-2H2,(H2,13,14,15,16,17). The zero-order valence-corrected chi connectivity index (χ0v) is 10.3. The molecule has 3 aromatic rings. The number of thiophene rings is 1. The van der Waals surface area contributed by atoms with Crippen LogP contribution in [-0.4, -0.2) is 20.2 Å². The Morgan fingerprint density at radius 3 is 3.17 bits per heavy atom. The van der Waals surface area contributed by atoms with Crippen LogP contribution < -0.4 is 5.32 Å². The number of nitrogens with one attached hydrogen (secondary N) is 2. The third kappa shape index (κ3) is 1.65. The van der Waals surface area contributed by atoms with Crippen LogP contribution in [0.25, 0.3) is 10.9 Å². The number of nitrogens with zero attached hydrogens (tertiary/aromatic N) is 3. The van der Waals surface area contributed by atoms with Crippen LogP contribution in [0.3, 0.4) is 0 Å². The summed E-state index contributed by atoms with van der Waals surface area (Å²) in [7, 11) is 0. The molecule has 1 radical (unpaired) electrons. The minimum Gasteiger partial charge on any atom is -0.323 e. The van der Waals surface area contributed by atoms with E-state index in [0.717, 1.165) is 22.5 Å². The van der Waals surface area contributed by atoms with Gasteiger partial charge in [0.2, 0.25) is 0 Å². The lowest BCUT2D eigenvalue weighted by Crippen LogP contribution is -1.95. The van der Waals surface area contributed by atoms with Gasteiger partial charge in [-0.2, -0.15) is 5.10 Å². The van der Waals surface area contributed by atoms with Gasteiger partial charge < -0.3 is 5.32 Å². The summed E-state index contributed by atoms with van der Waals surface area (Å²) < 4.78 is 0. The maximum absolute atomic E-state index is 4.26. The summed E-state index contributed by atoms with van der Waals surface area (Å²) in [6.07, 6.45) is 5.18. The van der Waals surface area contributed by atoms with Crippen molar-refractivity contribution in [3.05, 3.63) is 28.8 Å². The quantitative estimate of drug-likeness (QED) is 0.756. The van der Waals surface area contributed by atoms with E-state index in [0.29, 0.717) is 5.92 Å². The van der Waals surface area contributed by atoms with Gasteiger partial charge in [0, 0.05) is 28.4 Å². The molecular formula is C12H10N5S. The topological polar surface area (TPSA) is 66.5 Å². The summed E-state index contributed by atoms with van der Waals surface area (Å²) >= 11 is 1.61. The van der Waals surface area contributed by atoms with Crippen molar-refractivity contribution < 1.29 is 0 Å². The minimum atomic E-state index is 0.672. The van der Waals surface area contributed by atoms with Crippen molar-refractivity contribution in [3.63, 3.8) is 0 Å². The van der Waals surface area contributed by atoms with Gasteiger partial charge in [0.05, 0.1) is 10.9 Å². The van der Waals surface area contributed by atoms with Crippen LogP contribution in [0.4, 0.5) is 11.6 Å². The highest BCUT2D eigenvalue weighted by Gasteiger charge is 2.25. The Hall–Kier alpha value is -1.95. The molecule has 0 atom stereocenters. The Morgan fingerprint density at radius 2 is 2.28 bits per heavy atom. The van der Waals surface area contributed by atoms with E-state index in [1.807, 2.05) is 10.8 Å². The molecule has 1 fully saturated rings. The van der Waals surface area contributed by atoms with E-state index >= 15 is 0 Å². The van der Waals surface area contributed by atoms with E-state index in [-0.39, 0.29) is 0 Å². The molecule has 3 aromatic heterocycles. The molecule has 0 spiro atoms. The van der Waals surface area contributed by atoms with Gasteiger partial charge in [-0.25, -0.2) is 9.97 Å². The normalized spacial score (nSPS) is 15.1. The second-order valence-corrected chi connectivity index (χ2v) is 5.19. The van der Waals surface area contributed by atoms with Crippen LogP contribution in [0.5, 0.6) is 0 Å². The summed E-state index contributed by atoms with van der Waals surface area (Å²) in [5, 5.41) is 15.6. The Labute approximate surface area is 107 Å². The van der Waals surface area contributed by atoms with Gasteiger partial charge in [-0.05, 0) is 12.8 Å². The Balaban J connectivity index is 1.68. The molecule has 0 bridgehead atoms. The molecule has 3 heterocycles. The number of hydrogen-bond donors (Lipinski definition) is 2. The first-order chi connectivity index (χ1) is 8.90. The molecule has 1 aliphatic rings. The Kier molecular flexibility index (Phi) is 2.10. The number of H-pyrrole nitrogens is 1. The van der Waals surface area contributed by atoms with E-state index in [1.165, 1.54) is 18.5 Å². The Morgan fingerprint density at radius 1 is 1.33 bits per heavy atom. The number of anilines is 2. The molecule has 2 N–H and O–H groups in total. The molecule has 0 saturated heterocycles. The minimum absolute atomic E-state index is 0.672. The lowest BCUT2D eigenvalue weighted by Gasteiger charge is -2.01. The van der Waals surface area contributed by atoms with Crippen LogP contribution in [-0.2, 0) is 0 Å². The molecule has 0 aliphatic heterocycles. The second-order valence-electron chi connectivity index (χ2n) is 4.45. The fourth-order valence-electron chi connectivity index (χ4n) is 1.96. The zero-order chi connectivity index (χ0) is 11.9. The lowest BCUT2D eigenvalue weighted by molar-refractivity contribution is 0.966. The molecule has 18 heavy (non-hydrogen) atoms. The summed E-state index contributed by atoms with van der Waals surface area (Å²) in [6, 6.07) is 2.05. The van der Waals surface area contributed by atoms with Crippen LogP contribution >= 0.6 is 11.3 Å². The maximum Gasteiger partial charge on any atom is 0.200 e.